The topological polar surface area (TPSA) is 173 Å². The van der Waals surface area contributed by atoms with E-state index in [1.165, 1.54) is 17.5 Å². The molecule has 3 N–H and O–H groups in total. The van der Waals surface area contributed by atoms with Gasteiger partial charge in [-0.2, -0.15) is 0 Å². The predicted molar refractivity (Wildman–Crippen MR) is 208 cm³/mol. The van der Waals surface area contributed by atoms with Crippen molar-refractivity contribution in [3.63, 3.8) is 0 Å². The van der Waals surface area contributed by atoms with E-state index in [1.54, 1.807) is 18.2 Å². The number of anilines is 5. The normalized spacial score (nSPS) is 19.5. The van der Waals surface area contributed by atoms with E-state index in [2.05, 4.69) is 40.6 Å². The number of aromatic nitrogens is 3. The molecule has 0 spiro atoms. The first-order valence-corrected chi connectivity index (χ1v) is 19.5. The highest BCUT2D eigenvalue weighted by molar-refractivity contribution is 7.17. The van der Waals surface area contributed by atoms with Gasteiger partial charge in [-0.15, -0.1) is 0 Å². The zero-order valence-corrected chi connectivity index (χ0v) is 31.9. The number of nitrogens with one attached hydrogen (secondary N) is 3. The van der Waals surface area contributed by atoms with Crippen LogP contribution < -0.4 is 25.8 Å². The standard InChI is InChI=1S/C38H39ClN10O5S/c1-21-5-3-7-25(39)33(21)45-35(52)28-20-40-38(55-28)43-29-19-30(42-22(2)41-29)48-13-11-23(12-14-48)46-15-17-47(18-16-46)26-8-4-6-24-32(26)37(54)49(36(24)53)27-9-10-31(50)44-34(27)51/h3-8,19-20,23,27H,9-18H2,1-2H3,(H,45,52)(H,44,50,51)(H,40,41,42,43). The molecule has 8 rings (SSSR count). The third-order valence-electron chi connectivity index (χ3n) is 10.7. The van der Waals surface area contributed by atoms with Gasteiger partial charge in [-0.05, 0) is 56.9 Å². The molecule has 17 heteroatoms. The van der Waals surface area contributed by atoms with Crippen LogP contribution in [-0.4, -0.2) is 106 Å². The molecule has 0 saturated carbocycles. The molecule has 5 amide bonds. The fraction of sp³-hybridized carbons (Fsp3) is 0.368. The van der Waals surface area contributed by atoms with Gasteiger partial charge in [0.15, 0.2) is 5.13 Å². The summed E-state index contributed by atoms with van der Waals surface area (Å²) in [7, 11) is 0. The van der Waals surface area contributed by atoms with Crippen molar-refractivity contribution in [1.29, 1.82) is 0 Å². The number of hydrogen-bond acceptors (Lipinski definition) is 13. The number of imide groups is 2. The van der Waals surface area contributed by atoms with E-state index in [-0.39, 0.29) is 18.7 Å². The molecule has 6 heterocycles. The zero-order chi connectivity index (χ0) is 38.4. The second kappa shape index (κ2) is 15.0. The van der Waals surface area contributed by atoms with Crippen LogP contribution in [0.4, 0.5) is 28.1 Å². The van der Waals surface area contributed by atoms with Crippen molar-refractivity contribution in [2.75, 3.05) is 59.7 Å². The minimum absolute atomic E-state index is 0.0811. The van der Waals surface area contributed by atoms with E-state index in [0.29, 0.717) is 68.3 Å². The summed E-state index contributed by atoms with van der Waals surface area (Å²) in [6.45, 7) is 8.37. The Kier molecular flexibility index (Phi) is 9.96. The number of thiazole rings is 1. The molecule has 0 bridgehead atoms. The van der Waals surface area contributed by atoms with Crippen LogP contribution in [0.5, 0.6) is 0 Å². The van der Waals surface area contributed by atoms with Gasteiger partial charge in [-0.25, -0.2) is 15.0 Å². The molecule has 284 valence electrons. The van der Waals surface area contributed by atoms with Crippen LogP contribution in [0.1, 0.15) is 67.5 Å². The first-order valence-electron chi connectivity index (χ1n) is 18.3. The Labute approximate surface area is 326 Å². The number of piperidine rings is 2. The number of amides is 5. The van der Waals surface area contributed by atoms with Gasteiger partial charge in [0, 0.05) is 57.8 Å². The van der Waals surface area contributed by atoms with Crippen molar-refractivity contribution in [1.82, 2.24) is 30.1 Å². The lowest BCUT2D eigenvalue weighted by molar-refractivity contribution is -0.136. The molecule has 15 nitrogen and oxygen atoms in total. The van der Waals surface area contributed by atoms with E-state index in [9.17, 15) is 24.0 Å². The number of nitrogens with zero attached hydrogens (tertiary/aromatic N) is 7. The van der Waals surface area contributed by atoms with Gasteiger partial charge >= 0.3 is 0 Å². The summed E-state index contributed by atoms with van der Waals surface area (Å²) >= 11 is 7.52. The molecule has 0 radical (unpaired) electrons. The van der Waals surface area contributed by atoms with Crippen LogP contribution in [0.2, 0.25) is 5.02 Å². The van der Waals surface area contributed by atoms with E-state index in [0.717, 1.165) is 55.3 Å². The Bertz CT molecular complexity index is 2190. The Morgan fingerprint density at radius 3 is 2.42 bits per heavy atom. The quantitative estimate of drug-likeness (QED) is 0.216. The monoisotopic (exact) mass is 782 g/mol. The number of halogens is 1. The lowest BCUT2D eigenvalue weighted by atomic mass is 10.0. The average Bonchev–Trinajstić information content (AvgIpc) is 3.74. The van der Waals surface area contributed by atoms with Gasteiger partial charge in [0.25, 0.3) is 17.7 Å². The van der Waals surface area contributed by atoms with E-state index in [4.69, 9.17) is 16.6 Å². The summed E-state index contributed by atoms with van der Waals surface area (Å²) in [6, 6.07) is 12.0. The summed E-state index contributed by atoms with van der Waals surface area (Å²) in [5.41, 5.74) is 2.77. The van der Waals surface area contributed by atoms with E-state index in [1.807, 2.05) is 38.1 Å². The average molecular weight is 783 g/mol. The number of fused-ring (bicyclic) bond motifs is 1. The zero-order valence-electron chi connectivity index (χ0n) is 30.3. The van der Waals surface area contributed by atoms with Gasteiger partial charge in [0.2, 0.25) is 11.8 Å². The molecule has 2 aromatic heterocycles. The number of para-hydroxylation sites is 1. The van der Waals surface area contributed by atoms with E-state index >= 15 is 0 Å². The Morgan fingerprint density at radius 1 is 0.909 bits per heavy atom. The van der Waals surface area contributed by atoms with Crippen molar-refractivity contribution in [2.24, 2.45) is 0 Å². The Balaban J connectivity index is 0.860. The molecule has 55 heavy (non-hydrogen) atoms. The second-order valence-corrected chi connectivity index (χ2v) is 15.5. The lowest BCUT2D eigenvalue weighted by Gasteiger charge is -2.43. The molecule has 0 aliphatic carbocycles. The van der Waals surface area contributed by atoms with Crippen molar-refractivity contribution in [3.8, 4) is 0 Å². The largest absolute Gasteiger partial charge is 0.368 e. The number of aryl methyl sites for hydroxylation is 2. The summed E-state index contributed by atoms with van der Waals surface area (Å²) in [4.78, 5) is 86.3. The van der Waals surface area contributed by atoms with E-state index < -0.39 is 29.7 Å². The van der Waals surface area contributed by atoms with Crippen molar-refractivity contribution >= 4 is 80.6 Å². The molecule has 1 unspecified atom stereocenters. The third kappa shape index (κ3) is 7.24. The molecule has 3 fully saturated rings. The number of rotatable bonds is 8. The van der Waals surface area contributed by atoms with Gasteiger partial charge < -0.3 is 20.4 Å². The van der Waals surface area contributed by atoms with Crippen LogP contribution in [-0.2, 0) is 9.59 Å². The summed E-state index contributed by atoms with van der Waals surface area (Å²) in [6.07, 6.45) is 3.64. The van der Waals surface area contributed by atoms with Gasteiger partial charge in [-0.1, -0.05) is 41.1 Å². The highest BCUT2D eigenvalue weighted by Gasteiger charge is 2.46. The van der Waals surface area contributed by atoms with Crippen LogP contribution in [0.15, 0.2) is 48.7 Å². The highest BCUT2D eigenvalue weighted by Crippen LogP contribution is 2.35. The number of benzene rings is 2. The van der Waals surface area contributed by atoms with Crippen LogP contribution in [0, 0.1) is 13.8 Å². The van der Waals surface area contributed by atoms with Gasteiger partial charge in [0.1, 0.15) is 28.4 Å². The third-order valence-corrected chi connectivity index (χ3v) is 11.9. The number of carbonyl (C=O) groups is 5. The molecule has 4 aliphatic heterocycles. The first-order chi connectivity index (χ1) is 26.5. The predicted octanol–water partition coefficient (Wildman–Crippen LogP) is 4.39. The summed E-state index contributed by atoms with van der Waals surface area (Å²) in [5, 5.41) is 9.39. The molecule has 4 aromatic rings. The first kappa shape index (κ1) is 36.5. The van der Waals surface area contributed by atoms with Crippen molar-refractivity contribution in [3.05, 3.63) is 81.1 Å². The number of piperazine rings is 1. The SMILES string of the molecule is Cc1nc(Nc2ncc(C(=O)Nc3c(C)cccc3Cl)s2)cc(N2CCC(N3CCN(c4cccc5c4C(=O)N(C4CCC(=O)NC4=O)C5=O)CC3)CC2)n1. The molecular formula is C38H39ClN10O5S. The van der Waals surface area contributed by atoms with Crippen molar-refractivity contribution < 1.29 is 24.0 Å². The smallest absolute Gasteiger partial charge is 0.267 e. The van der Waals surface area contributed by atoms with Gasteiger partial charge in [-0.3, -0.25) is 39.1 Å². The Morgan fingerprint density at radius 2 is 1.67 bits per heavy atom. The molecule has 1 atom stereocenters. The number of carbonyl (C=O) groups excluding carboxylic acids is 5. The second-order valence-electron chi connectivity index (χ2n) is 14.1. The number of hydrogen-bond donors (Lipinski definition) is 3. The Hall–Kier alpha value is -5.45. The maximum Gasteiger partial charge on any atom is 0.267 e. The summed E-state index contributed by atoms with van der Waals surface area (Å²) in [5.74, 6) is -0.245. The molecular weight excluding hydrogens is 744 g/mol. The highest BCUT2D eigenvalue weighted by atomic mass is 35.5. The molecule has 3 saturated heterocycles. The minimum atomic E-state index is -0.994. The lowest BCUT2D eigenvalue weighted by Crippen LogP contribution is -2.54. The molecule has 2 aromatic carbocycles. The fourth-order valence-corrected chi connectivity index (χ4v) is 8.83. The van der Waals surface area contributed by atoms with Crippen LogP contribution in [0.3, 0.4) is 0 Å². The maximum atomic E-state index is 13.7. The molecule has 4 aliphatic rings. The summed E-state index contributed by atoms with van der Waals surface area (Å²) < 4.78 is 0. The minimum Gasteiger partial charge on any atom is -0.368 e. The fourth-order valence-electron chi connectivity index (χ4n) is 7.84. The van der Waals surface area contributed by atoms with Crippen LogP contribution in [0.25, 0.3) is 0 Å². The van der Waals surface area contributed by atoms with Crippen molar-refractivity contribution in [2.45, 2.75) is 51.6 Å². The van der Waals surface area contributed by atoms with Crippen LogP contribution >= 0.6 is 22.9 Å². The van der Waals surface area contributed by atoms with Gasteiger partial charge in [0.05, 0.1) is 33.7 Å². The maximum absolute atomic E-state index is 13.7.